The van der Waals surface area contributed by atoms with Gasteiger partial charge in [-0.25, -0.2) is 4.57 Å². The second-order valence-corrected chi connectivity index (χ2v) is 4.93. The molecule has 21 heavy (non-hydrogen) atoms. The number of pyridine rings is 1. The van der Waals surface area contributed by atoms with Crippen molar-refractivity contribution in [2.24, 2.45) is 0 Å². The van der Waals surface area contributed by atoms with E-state index < -0.39 is 0 Å². The Hall–Kier alpha value is -2.68. The Kier molecular flexibility index (Phi) is 3.92. The monoisotopic (exact) mass is 277 g/mol. The van der Waals surface area contributed by atoms with Crippen LogP contribution in [0.15, 0.2) is 71.5 Å². The van der Waals surface area contributed by atoms with Gasteiger partial charge in [0.15, 0.2) is 24.7 Å². The topological polar surface area (TPSA) is 29.9 Å². The molecule has 0 unspecified atom stereocenters. The Morgan fingerprint density at radius 3 is 2.52 bits per heavy atom. The maximum Gasteiger partial charge on any atom is 0.169 e. The number of benzene rings is 1. The van der Waals surface area contributed by atoms with Crippen LogP contribution in [0.25, 0.3) is 17.4 Å². The Morgan fingerprint density at radius 2 is 1.86 bits per heavy atom. The molecule has 0 spiro atoms. The molecule has 2 heterocycles. The highest BCUT2D eigenvalue weighted by molar-refractivity contribution is 5.55. The number of aromatic nitrogens is 2. The van der Waals surface area contributed by atoms with Crippen molar-refractivity contribution >= 4 is 6.08 Å². The SMILES string of the molecule is Cc1cc(-c2cc[n+](CC=Cc3ccccc3)cc2)on1. The molecule has 1 aromatic carbocycles. The molecular formula is C18H17N2O+. The highest BCUT2D eigenvalue weighted by Crippen LogP contribution is 2.18. The van der Waals surface area contributed by atoms with E-state index >= 15 is 0 Å². The minimum atomic E-state index is 0.805. The number of aryl methyl sites for hydroxylation is 1. The molecule has 0 saturated carbocycles. The Balaban J connectivity index is 1.66. The van der Waals surface area contributed by atoms with Gasteiger partial charge in [0.2, 0.25) is 0 Å². The number of hydrogen-bond acceptors (Lipinski definition) is 2. The van der Waals surface area contributed by atoms with Crippen LogP contribution in [-0.2, 0) is 6.54 Å². The fraction of sp³-hybridized carbons (Fsp3) is 0.111. The smallest absolute Gasteiger partial charge is 0.169 e. The Bertz CT molecular complexity index is 727. The summed E-state index contributed by atoms with van der Waals surface area (Å²) in [6.07, 6.45) is 8.36. The zero-order valence-electron chi connectivity index (χ0n) is 11.9. The lowest BCUT2D eigenvalue weighted by Gasteiger charge is -1.95. The van der Waals surface area contributed by atoms with E-state index in [4.69, 9.17) is 4.52 Å². The zero-order valence-corrected chi connectivity index (χ0v) is 11.9. The van der Waals surface area contributed by atoms with Gasteiger partial charge in [-0.15, -0.1) is 0 Å². The minimum absolute atomic E-state index is 0.805. The molecule has 0 aliphatic carbocycles. The average Bonchev–Trinajstić information content (AvgIpc) is 2.96. The predicted molar refractivity (Wildman–Crippen MR) is 82.3 cm³/mol. The quantitative estimate of drug-likeness (QED) is 0.681. The van der Waals surface area contributed by atoms with Gasteiger partial charge in [0.05, 0.1) is 5.69 Å². The first kappa shape index (κ1) is 13.3. The third-order valence-corrected chi connectivity index (χ3v) is 3.23. The van der Waals surface area contributed by atoms with Gasteiger partial charge in [0, 0.05) is 23.8 Å². The summed E-state index contributed by atoms with van der Waals surface area (Å²) >= 11 is 0. The second kappa shape index (κ2) is 6.18. The lowest BCUT2D eigenvalue weighted by atomic mass is 10.2. The third kappa shape index (κ3) is 3.45. The van der Waals surface area contributed by atoms with Crippen molar-refractivity contribution in [3.8, 4) is 11.3 Å². The molecule has 0 fully saturated rings. The molecule has 3 heteroatoms. The fourth-order valence-corrected chi connectivity index (χ4v) is 2.12. The van der Waals surface area contributed by atoms with Crippen molar-refractivity contribution in [3.05, 3.63) is 78.3 Å². The standard InChI is InChI=1S/C18H17N2O/c1-15-14-18(21-19-15)17-9-12-20(13-10-17)11-5-8-16-6-3-2-4-7-16/h2-10,12-14H,11H2,1H3/q+1. The van der Waals surface area contributed by atoms with Gasteiger partial charge < -0.3 is 4.52 Å². The summed E-state index contributed by atoms with van der Waals surface area (Å²) < 4.78 is 7.37. The third-order valence-electron chi connectivity index (χ3n) is 3.23. The first-order valence-corrected chi connectivity index (χ1v) is 6.96. The summed E-state index contributed by atoms with van der Waals surface area (Å²) in [5, 5.41) is 3.91. The molecule has 0 aliphatic rings. The van der Waals surface area contributed by atoms with E-state index in [9.17, 15) is 0 Å². The molecule has 0 bridgehead atoms. The van der Waals surface area contributed by atoms with Gasteiger partial charge in [-0.2, -0.15) is 0 Å². The fourth-order valence-electron chi connectivity index (χ4n) is 2.12. The van der Waals surface area contributed by atoms with Crippen LogP contribution in [0.3, 0.4) is 0 Å². The molecular weight excluding hydrogens is 260 g/mol. The lowest BCUT2D eigenvalue weighted by molar-refractivity contribution is -0.686. The molecule has 3 nitrogen and oxygen atoms in total. The van der Waals surface area contributed by atoms with Crippen molar-refractivity contribution in [3.63, 3.8) is 0 Å². The molecule has 104 valence electrons. The van der Waals surface area contributed by atoms with Gasteiger partial charge in [0.25, 0.3) is 0 Å². The van der Waals surface area contributed by atoms with E-state index in [1.54, 1.807) is 0 Å². The summed E-state index contributed by atoms with van der Waals surface area (Å²) in [5.41, 5.74) is 3.15. The highest BCUT2D eigenvalue weighted by atomic mass is 16.5. The van der Waals surface area contributed by atoms with Gasteiger partial charge >= 0.3 is 0 Å². The van der Waals surface area contributed by atoms with Gasteiger partial charge in [-0.05, 0) is 18.6 Å². The van der Waals surface area contributed by atoms with E-state index in [0.717, 1.165) is 23.6 Å². The second-order valence-electron chi connectivity index (χ2n) is 4.93. The summed E-state index contributed by atoms with van der Waals surface area (Å²) in [7, 11) is 0. The van der Waals surface area contributed by atoms with E-state index in [-0.39, 0.29) is 0 Å². The summed E-state index contributed by atoms with van der Waals surface area (Å²) in [6, 6.07) is 16.3. The molecule has 3 aromatic rings. The minimum Gasteiger partial charge on any atom is -0.356 e. The average molecular weight is 277 g/mol. The van der Waals surface area contributed by atoms with Crippen LogP contribution in [0.5, 0.6) is 0 Å². The largest absolute Gasteiger partial charge is 0.356 e. The summed E-state index contributed by atoms with van der Waals surface area (Å²) in [6.45, 7) is 2.76. The van der Waals surface area contributed by atoms with Crippen LogP contribution < -0.4 is 4.57 Å². The van der Waals surface area contributed by atoms with E-state index in [2.05, 4.69) is 34.0 Å². The van der Waals surface area contributed by atoms with Crippen molar-refractivity contribution in [2.45, 2.75) is 13.5 Å². The highest BCUT2D eigenvalue weighted by Gasteiger charge is 2.06. The first-order valence-electron chi connectivity index (χ1n) is 6.96. The van der Waals surface area contributed by atoms with E-state index in [1.807, 2.05) is 55.7 Å². The predicted octanol–water partition coefficient (Wildman–Crippen LogP) is 3.65. The maximum absolute atomic E-state index is 5.26. The Labute approximate surface area is 124 Å². The first-order chi connectivity index (χ1) is 10.3. The summed E-state index contributed by atoms with van der Waals surface area (Å²) in [4.78, 5) is 0. The van der Waals surface area contributed by atoms with Gasteiger partial charge in [-0.3, -0.25) is 0 Å². The lowest BCUT2D eigenvalue weighted by Crippen LogP contribution is -2.31. The van der Waals surface area contributed by atoms with Crippen molar-refractivity contribution in [1.29, 1.82) is 0 Å². The van der Waals surface area contributed by atoms with Gasteiger partial charge in [0.1, 0.15) is 0 Å². The number of nitrogens with zero attached hydrogens (tertiary/aromatic N) is 2. The van der Waals surface area contributed by atoms with Crippen molar-refractivity contribution in [1.82, 2.24) is 5.16 Å². The van der Waals surface area contributed by atoms with Crippen LogP contribution >= 0.6 is 0 Å². The number of rotatable bonds is 4. The molecule has 0 saturated heterocycles. The van der Waals surface area contributed by atoms with E-state index in [0.29, 0.717) is 0 Å². The normalized spacial score (nSPS) is 11.1. The molecule has 0 atom stereocenters. The molecule has 3 rings (SSSR count). The molecule has 2 aromatic heterocycles. The molecule has 0 radical (unpaired) electrons. The molecule has 0 aliphatic heterocycles. The Morgan fingerprint density at radius 1 is 1.10 bits per heavy atom. The van der Waals surface area contributed by atoms with Crippen molar-refractivity contribution < 1.29 is 9.09 Å². The van der Waals surface area contributed by atoms with Crippen LogP contribution in [0.2, 0.25) is 0 Å². The molecule has 0 amide bonds. The number of hydrogen-bond donors (Lipinski definition) is 0. The van der Waals surface area contributed by atoms with Crippen LogP contribution in [0.1, 0.15) is 11.3 Å². The van der Waals surface area contributed by atoms with Crippen LogP contribution in [0.4, 0.5) is 0 Å². The van der Waals surface area contributed by atoms with E-state index in [1.165, 1.54) is 5.56 Å². The van der Waals surface area contributed by atoms with Crippen LogP contribution in [0, 0.1) is 6.92 Å². The molecule has 0 N–H and O–H groups in total. The number of allylic oxidation sites excluding steroid dienone is 1. The summed E-state index contributed by atoms with van der Waals surface area (Å²) in [5.74, 6) is 0.805. The van der Waals surface area contributed by atoms with Crippen molar-refractivity contribution in [2.75, 3.05) is 0 Å². The van der Waals surface area contributed by atoms with Crippen LogP contribution in [-0.4, -0.2) is 5.16 Å². The maximum atomic E-state index is 5.26. The van der Waals surface area contributed by atoms with Gasteiger partial charge in [-0.1, -0.05) is 41.6 Å². The zero-order chi connectivity index (χ0) is 14.5.